The number of methoxy groups -OCH3 is 1. The highest BCUT2D eigenvalue weighted by atomic mass is 16.6. The Balaban J connectivity index is 1.67. The normalized spacial score (nSPS) is 27.3. The molecule has 1 aromatic rings. The average molecular weight is 316 g/mol. The molecule has 0 saturated carbocycles. The summed E-state index contributed by atoms with van der Waals surface area (Å²) in [5.41, 5.74) is 1.80. The summed E-state index contributed by atoms with van der Waals surface area (Å²) < 4.78 is 5.16. The minimum absolute atomic E-state index is 0.0666. The molecule has 0 spiro atoms. The van der Waals surface area contributed by atoms with E-state index in [1.165, 1.54) is 6.42 Å². The molecule has 1 fully saturated rings. The zero-order chi connectivity index (χ0) is 16.4. The van der Waals surface area contributed by atoms with Crippen LogP contribution in [0.1, 0.15) is 45.1 Å². The predicted octanol–water partition coefficient (Wildman–Crippen LogP) is 2.98. The van der Waals surface area contributed by atoms with Gasteiger partial charge in [0.1, 0.15) is 5.75 Å². The summed E-state index contributed by atoms with van der Waals surface area (Å²) in [5, 5.41) is 4.14. The van der Waals surface area contributed by atoms with E-state index in [0.29, 0.717) is 6.42 Å². The van der Waals surface area contributed by atoms with Crippen LogP contribution in [0.2, 0.25) is 0 Å². The molecule has 0 bridgehead atoms. The smallest absolute Gasteiger partial charge is 0.267 e. The van der Waals surface area contributed by atoms with Gasteiger partial charge in [-0.25, -0.2) is 0 Å². The van der Waals surface area contributed by atoms with Crippen LogP contribution >= 0.6 is 0 Å². The molecular formula is C18H24N2O3. The Morgan fingerprint density at radius 2 is 1.87 bits per heavy atom. The van der Waals surface area contributed by atoms with E-state index in [1.54, 1.807) is 7.11 Å². The van der Waals surface area contributed by atoms with Crippen molar-refractivity contribution in [2.75, 3.05) is 7.11 Å². The number of likely N-dealkylation sites (tertiary alicyclic amines) is 1. The maximum absolute atomic E-state index is 12.8. The van der Waals surface area contributed by atoms with Gasteiger partial charge >= 0.3 is 0 Å². The van der Waals surface area contributed by atoms with Crippen LogP contribution in [0.15, 0.2) is 29.4 Å². The molecule has 1 amide bonds. The predicted molar refractivity (Wildman–Crippen MR) is 88.6 cm³/mol. The SMILES string of the molecule is COc1ccc(C2=NO[C@H](C(=O)N3[C@@H](C)CCC[C@@H]3C)C2)cc1. The molecule has 3 rings (SSSR count). The lowest BCUT2D eigenvalue weighted by Gasteiger charge is -2.39. The molecule has 1 aromatic carbocycles. The van der Waals surface area contributed by atoms with Gasteiger partial charge in [0, 0.05) is 18.5 Å². The lowest BCUT2D eigenvalue weighted by atomic mass is 9.96. The van der Waals surface area contributed by atoms with Gasteiger partial charge in [-0.1, -0.05) is 5.16 Å². The Morgan fingerprint density at radius 3 is 2.48 bits per heavy atom. The number of hydrogen-bond acceptors (Lipinski definition) is 4. The van der Waals surface area contributed by atoms with Crippen molar-refractivity contribution in [2.45, 2.75) is 57.7 Å². The van der Waals surface area contributed by atoms with Crippen molar-refractivity contribution in [1.82, 2.24) is 4.90 Å². The van der Waals surface area contributed by atoms with E-state index in [1.807, 2.05) is 29.2 Å². The van der Waals surface area contributed by atoms with Gasteiger partial charge in [-0.3, -0.25) is 4.79 Å². The zero-order valence-corrected chi connectivity index (χ0v) is 14.0. The molecule has 3 atom stereocenters. The highest BCUT2D eigenvalue weighted by molar-refractivity contribution is 6.04. The molecule has 5 heteroatoms. The number of carbonyl (C=O) groups is 1. The number of nitrogens with zero attached hydrogens (tertiary/aromatic N) is 2. The van der Waals surface area contributed by atoms with Crippen LogP contribution in [-0.2, 0) is 9.63 Å². The van der Waals surface area contributed by atoms with Crippen LogP contribution in [-0.4, -0.2) is 41.8 Å². The number of rotatable bonds is 3. The van der Waals surface area contributed by atoms with E-state index in [0.717, 1.165) is 29.9 Å². The molecule has 5 nitrogen and oxygen atoms in total. The summed E-state index contributed by atoms with van der Waals surface area (Å²) in [6.45, 7) is 4.24. The van der Waals surface area contributed by atoms with Crippen LogP contribution in [0.5, 0.6) is 5.75 Å². The molecule has 1 saturated heterocycles. The minimum atomic E-state index is -0.491. The molecule has 23 heavy (non-hydrogen) atoms. The zero-order valence-electron chi connectivity index (χ0n) is 14.0. The van der Waals surface area contributed by atoms with E-state index in [9.17, 15) is 4.79 Å². The van der Waals surface area contributed by atoms with Crippen molar-refractivity contribution >= 4 is 11.6 Å². The van der Waals surface area contributed by atoms with Crippen molar-refractivity contribution in [3.63, 3.8) is 0 Å². The first kappa shape index (κ1) is 15.8. The maximum atomic E-state index is 12.8. The highest BCUT2D eigenvalue weighted by Crippen LogP contribution is 2.27. The van der Waals surface area contributed by atoms with Crippen LogP contribution in [0.4, 0.5) is 0 Å². The Morgan fingerprint density at radius 1 is 1.22 bits per heavy atom. The van der Waals surface area contributed by atoms with Gasteiger partial charge in [0.05, 0.1) is 12.8 Å². The molecule has 0 N–H and O–H groups in total. The number of ether oxygens (including phenoxy) is 1. The summed E-state index contributed by atoms with van der Waals surface area (Å²) >= 11 is 0. The Kier molecular flexibility index (Phi) is 4.55. The van der Waals surface area contributed by atoms with Crippen molar-refractivity contribution < 1.29 is 14.4 Å². The molecule has 0 radical (unpaired) electrons. The van der Waals surface area contributed by atoms with Crippen molar-refractivity contribution in [3.05, 3.63) is 29.8 Å². The fraction of sp³-hybridized carbons (Fsp3) is 0.556. The summed E-state index contributed by atoms with van der Waals surface area (Å²) in [6, 6.07) is 8.23. The van der Waals surface area contributed by atoms with Gasteiger partial charge < -0.3 is 14.5 Å². The maximum Gasteiger partial charge on any atom is 0.267 e. The van der Waals surface area contributed by atoms with Crippen molar-refractivity contribution in [1.29, 1.82) is 0 Å². The van der Waals surface area contributed by atoms with E-state index < -0.39 is 6.10 Å². The van der Waals surface area contributed by atoms with Gasteiger partial charge in [0.2, 0.25) is 6.10 Å². The Labute approximate surface area is 137 Å². The number of piperidine rings is 1. The summed E-state index contributed by atoms with van der Waals surface area (Å²) in [6.07, 6.45) is 3.35. The number of hydrogen-bond donors (Lipinski definition) is 0. The standard InChI is InChI=1S/C18H24N2O3/c1-12-5-4-6-13(2)20(12)18(21)17-11-16(19-23-17)14-7-9-15(22-3)10-8-14/h7-10,12-13,17H,4-6,11H2,1-3H3/t12-,13-,17-/m0/s1. The number of oxime groups is 1. The van der Waals surface area contributed by atoms with E-state index in [2.05, 4.69) is 19.0 Å². The number of benzene rings is 1. The van der Waals surface area contributed by atoms with Crippen LogP contribution in [0, 0.1) is 0 Å². The first-order valence-electron chi connectivity index (χ1n) is 8.29. The second-order valence-electron chi connectivity index (χ2n) is 6.44. The average Bonchev–Trinajstić information content (AvgIpc) is 3.04. The van der Waals surface area contributed by atoms with E-state index in [4.69, 9.17) is 9.57 Å². The van der Waals surface area contributed by atoms with E-state index in [-0.39, 0.29) is 18.0 Å². The third-order valence-corrected chi connectivity index (χ3v) is 4.82. The minimum Gasteiger partial charge on any atom is -0.497 e. The molecular weight excluding hydrogens is 292 g/mol. The largest absolute Gasteiger partial charge is 0.497 e. The quantitative estimate of drug-likeness (QED) is 0.861. The van der Waals surface area contributed by atoms with Gasteiger partial charge in [0.25, 0.3) is 5.91 Å². The molecule has 0 aromatic heterocycles. The van der Waals surface area contributed by atoms with Crippen LogP contribution in [0.3, 0.4) is 0 Å². The number of carbonyl (C=O) groups excluding carboxylic acids is 1. The first-order valence-corrected chi connectivity index (χ1v) is 8.29. The molecule has 0 unspecified atom stereocenters. The lowest BCUT2D eigenvalue weighted by Crippen LogP contribution is -2.51. The molecule has 2 aliphatic rings. The Bertz CT molecular complexity index is 587. The second-order valence-corrected chi connectivity index (χ2v) is 6.44. The van der Waals surface area contributed by atoms with Gasteiger partial charge in [-0.15, -0.1) is 0 Å². The third-order valence-electron chi connectivity index (χ3n) is 4.82. The van der Waals surface area contributed by atoms with Crippen LogP contribution in [0.25, 0.3) is 0 Å². The lowest BCUT2D eigenvalue weighted by molar-refractivity contribution is -0.148. The fourth-order valence-corrected chi connectivity index (χ4v) is 3.49. The monoisotopic (exact) mass is 316 g/mol. The molecule has 2 aliphatic heterocycles. The van der Waals surface area contributed by atoms with Gasteiger partial charge in [-0.2, -0.15) is 0 Å². The molecule has 124 valence electrons. The topological polar surface area (TPSA) is 51.1 Å². The number of amides is 1. The highest BCUT2D eigenvalue weighted by Gasteiger charge is 2.37. The summed E-state index contributed by atoms with van der Waals surface area (Å²) in [5.74, 6) is 0.869. The second kappa shape index (κ2) is 6.60. The first-order chi connectivity index (χ1) is 11.1. The van der Waals surface area contributed by atoms with Gasteiger partial charge in [0.15, 0.2) is 0 Å². The Hall–Kier alpha value is -2.04. The van der Waals surface area contributed by atoms with Crippen molar-refractivity contribution in [2.24, 2.45) is 5.16 Å². The van der Waals surface area contributed by atoms with E-state index >= 15 is 0 Å². The van der Waals surface area contributed by atoms with Gasteiger partial charge in [-0.05, 0) is 62.9 Å². The summed E-state index contributed by atoms with van der Waals surface area (Å²) in [7, 11) is 1.64. The summed E-state index contributed by atoms with van der Waals surface area (Å²) in [4.78, 5) is 20.2. The van der Waals surface area contributed by atoms with Crippen LogP contribution < -0.4 is 4.74 Å². The molecule has 2 heterocycles. The molecule has 0 aliphatic carbocycles. The third kappa shape index (κ3) is 3.19. The fourth-order valence-electron chi connectivity index (χ4n) is 3.49. The van der Waals surface area contributed by atoms with Crippen molar-refractivity contribution in [3.8, 4) is 5.75 Å².